The van der Waals surface area contributed by atoms with Crippen molar-refractivity contribution in [3.63, 3.8) is 0 Å². The molecule has 0 aliphatic carbocycles. The lowest BCUT2D eigenvalue weighted by Crippen LogP contribution is -2.24. The van der Waals surface area contributed by atoms with Gasteiger partial charge in [-0.05, 0) is 42.5 Å². The quantitative estimate of drug-likeness (QED) is 0.501. The largest absolute Gasteiger partial charge is 0.497 e. The minimum absolute atomic E-state index is 0.000898. The number of ether oxygens (including phenoxy) is 3. The molecule has 0 unspecified atom stereocenters. The van der Waals surface area contributed by atoms with E-state index in [4.69, 9.17) is 31.5 Å². The van der Waals surface area contributed by atoms with Crippen LogP contribution in [-0.4, -0.2) is 22.6 Å². The Morgan fingerprint density at radius 3 is 2.43 bits per heavy atom. The third kappa shape index (κ3) is 5.15. The van der Waals surface area contributed by atoms with Crippen molar-refractivity contribution in [2.45, 2.75) is 11.4 Å². The Bertz CT molecular complexity index is 1150. The third-order valence-corrected chi connectivity index (χ3v) is 5.89. The van der Waals surface area contributed by atoms with Crippen molar-refractivity contribution in [2.24, 2.45) is 0 Å². The average Bonchev–Trinajstić information content (AvgIpc) is 2.73. The summed E-state index contributed by atoms with van der Waals surface area (Å²) in [5.74, 6) is 1.63. The van der Waals surface area contributed by atoms with Gasteiger partial charge in [-0.15, -0.1) is 0 Å². The number of methoxy groups -OCH3 is 2. The summed E-state index contributed by atoms with van der Waals surface area (Å²) < 4.78 is 44.8. The smallest absolute Gasteiger partial charge is 0.244 e. The Hall–Kier alpha value is -2.94. The Balaban J connectivity index is 1.88. The highest BCUT2D eigenvalue weighted by Crippen LogP contribution is 2.32. The summed E-state index contributed by atoms with van der Waals surface area (Å²) in [6.45, 7) is 0.000898. The lowest BCUT2D eigenvalue weighted by molar-refractivity contribution is 0.390. The normalized spacial score (nSPS) is 11.2. The van der Waals surface area contributed by atoms with E-state index < -0.39 is 10.0 Å². The van der Waals surface area contributed by atoms with E-state index in [2.05, 4.69) is 4.72 Å². The van der Waals surface area contributed by atoms with Crippen molar-refractivity contribution >= 4 is 27.3 Å². The molecule has 0 radical (unpaired) electrons. The van der Waals surface area contributed by atoms with Crippen LogP contribution in [0.3, 0.4) is 0 Å². The number of nitrogens with two attached hydrogens (primary N) is 1. The molecule has 0 saturated heterocycles. The highest BCUT2D eigenvalue weighted by Gasteiger charge is 2.21. The number of anilines is 1. The molecular formula is C21H21ClN2O5S. The zero-order chi connectivity index (χ0) is 21.7. The standard InChI is InChI=1S/C21H21ClN2O5S/c1-27-17-8-6-14(20(12-17)28-2)13-24-30(25,26)21-11-16(23)7-9-19(21)29-18-5-3-4-15(22)10-18/h3-12,24H,13,23H2,1-2H3. The molecule has 30 heavy (non-hydrogen) atoms. The number of rotatable bonds is 8. The first-order valence-corrected chi connectivity index (χ1v) is 10.7. The molecule has 0 saturated carbocycles. The van der Waals surface area contributed by atoms with Crippen LogP contribution in [0.15, 0.2) is 65.6 Å². The zero-order valence-electron chi connectivity index (χ0n) is 16.4. The first-order chi connectivity index (χ1) is 14.3. The molecule has 3 aromatic rings. The minimum Gasteiger partial charge on any atom is -0.497 e. The summed E-state index contributed by atoms with van der Waals surface area (Å²) in [7, 11) is -0.916. The van der Waals surface area contributed by atoms with E-state index in [1.54, 1.807) is 55.6 Å². The Kier molecular flexibility index (Phi) is 6.71. The molecule has 0 bridgehead atoms. The number of sulfonamides is 1. The van der Waals surface area contributed by atoms with E-state index in [-0.39, 0.29) is 22.9 Å². The van der Waals surface area contributed by atoms with Crippen LogP contribution < -0.4 is 24.7 Å². The van der Waals surface area contributed by atoms with E-state index in [1.807, 2.05) is 0 Å². The fourth-order valence-corrected chi connectivity index (χ4v) is 4.07. The molecule has 0 heterocycles. The fraction of sp³-hybridized carbons (Fsp3) is 0.143. The summed E-state index contributed by atoms with van der Waals surface area (Å²) in [5, 5.41) is 0.470. The van der Waals surface area contributed by atoms with E-state index in [0.29, 0.717) is 27.8 Å². The predicted molar refractivity (Wildman–Crippen MR) is 116 cm³/mol. The molecule has 0 aliphatic heterocycles. The van der Waals surface area contributed by atoms with Gasteiger partial charge in [-0.25, -0.2) is 13.1 Å². The number of benzene rings is 3. The predicted octanol–water partition coefficient (Wildman–Crippen LogP) is 4.21. The molecule has 0 aromatic heterocycles. The molecule has 3 N–H and O–H groups in total. The molecule has 7 nitrogen and oxygen atoms in total. The van der Waals surface area contributed by atoms with Gasteiger partial charge in [0, 0.05) is 28.9 Å². The van der Waals surface area contributed by atoms with Crippen molar-refractivity contribution in [3.05, 3.63) is 71.2 Å². The van der Waals surface area contributed by atoms with Crippen LogP contribution in [0.2, 0.25) is 5.02 Å². The second-order valence-corrected chi connectivity index (χ2v) is 8.44. The second-order valence-electron chi connectivity index (χ2n) is 6.27. The summed E-state index contributed by atoms with van der Waals surface area (Å²) in [6, 6.07) is 16.2. The summed E-state index contributed by atoms with van der Waals surface area (Å²) >= 11 is 5.98. The number of hydrogen-bond donors (Lipinski definition) is 2. The lowest BCUT2D eigenvalue weighted by Gasteiger charge is -2.15. The number of nitrogens with one attached hydrogen (secondary N) is 1. The van der Waals surface area contributed by atoms with Crippen LogP contribution in [0.5, 0.6) is 23.0 Å². The van der Waals surface area contributed by atoms with Gasteiger partial charge < -0.3 is 19.9 Å². The molecule has 9 heteroatoms. The second kappa shape index (κ2) is 9.25. The van der Waals surface area contributed by atoms with Crippen molar-refractivity contribution in [1.82, 2.24) is 4.72 Å². The Morgan fingerprint density at radius 1 is 0.933 bits per heavy atom. The maximum absolute atomic E-state index is 13.0. The van der Waals surface area contributed by atoms with Gasteiger partial charge in [0.2, 0.25) is 10.0 Å². The van der Waals surface area contributed by atoms with Gasteiger partial charge in [0.15, 0.2) is 0 Å². The number of hydrogen-bond acceptors (Lipinski definition) is 6. The minimum atomic E-state index is -3.96. The Labute approximate surface area is 180 Å². The highest BCUT2D eigenvalue weighted by atomic mass is 35.5. The Morgan fingerprint density at radius 2 is 1.73 bits per heavy atom. The SMILES string of the molecule is COc1ccc(CNS(=O)(=O)c2cc(N)ccc2Oc2cccc(Cl)c2)c(OC)c1. The van der Waals surface area contributed by atoms with Gasteiger partial charge in [-0.1, -0.05) is 23.7 Å². The molecule has 0 amide bonds. The average molecular weight is 449 g/mol. The topological polar surface area (TPSA) is 99.9 Å². The third-order valence-electron chi connectivity index (χ3n) is 4.23. The molecule has 0 fully saturated rings. The van der Waals surface area contributed by atoms with E-state index in [9.17, 15) is 8.42 Å². The maximum atomic E-state index is 13.0. The lowest BCUT2D eigenvalue weighted by atomic mass is 10.2. The zero-order valence-corrected chi connectivity index (χ0v) is 18.0. The summed E-state index contributed by atoms with van der Waals surface area (Å²) in [4.78, 5) is -0.0880. The van der Waals surface area contributed by atoms with Crippen LogP contribution in [-0.2, 0) is 16.6 Å². The van der Waals surface area contributed by atoms with Crippen LogP contribution in [0, 0.1) is 0 Å². The molecule has 0 atom stereocenters. The first-order valence-electron chi connectivity index (χ1n) is 8.86. The molecule has 3 aromatic carbocycles. The summed E-state index contributed by atoms with van der Waals surface area (Å²) in [5.41, 5.74) is 6.75. The van der Waals surface area contributed by atoms with Gasteiger partial charge in [0.25, 0.3) is 0 Å². The van der Waals surface area contributed by atoms with Gasteiger partial charge in [0.1, 0.15) is 27.9 Å². The summed E-state index contributed by atoms with van der Waals surface area (Å²) in [6.07, 6.45) is 0. The van der Waals surface area contributed by atoms with Crippen LogP contribution in [0.25, 0.3) is 0 Å². The fourth-order valence-electron chi connectivity index (χ4n) is 2.72. The monoisotopic (exact) mass is 448 g/mol. The van der Waals surface area contributed by atoms with Crippen LogP contribution in [0.4, 0.5) is 5.69 Å². The van der Waals surface area contributed by atoms with E-state index >= 15 is 0 Å². The van der Waals surface area contributed by atoms with E-state index in [0.717, 1.165) is 0 Å². The van der Waals surface area contributed by atoms with E-state index in [1.165, 1.54) is 19.2 Å². The van der Waals surface area contributed by atoms with Crippen molar-refractivity contribution in [1.29, 1.82) is 0 Å². The highest BCUT2D eigenvalue weighted by molar-refractivity contribution is 7.89. The van der Waals surface area contributed by atoms with Crippen LogP contribution >= 0.6 is 11.6 Å². The number of nitrogen functional groups attached to an aromatic ring is 1. The molecule has 0 aliphatic rings. The molecule has 3 rings (SSSR count). The van der Waals surface area contributed by atoms with Gasteiger partial charge >= 0.3 is 0 Å². The van der Waals surface area contributed by atoms with Gasteiger partial charge in [-0.2, -0.15) is 0 Å². The van der Waals surface area contributed by atoms with Crippen molar-refractivity contribution in [2.75, 3.05) is 20.0 Å². The van der Waals surface area contributed by atoms with Gasteiger partial charge in [-0.3, -0.25) is 0 Å². The molecular weight excluding hydrogens is 428 g/mol. The molecule has 158 valence electrons. The molecule has 0 spiro atoms. The first kappa shape index (κ1) is 21.8. The number of halogens is 1. The van der Waals surface area contributed by atoms with Crippen molar-refractivity contribution < 1.29 is 22.6 Å². The van der Waals surface area contributed by atoms with Crippen molar-refractivity contribution in [3.8, 4) is 23.0 Å². The maximum Gasteiger partial charge on any atom is 0.244 e. The van der Waals surface area contributed by atoms with Crippen LogP contribution in [0.1, 0.15) is 5.56 Å². The van der Waals surface area contributed by atoms with Gasteiger partial charge in [0.05, 0.1) is 14.2 Å².